The number of amides is 1. The summed E-state index contributed by atoms with van der Waals surface area (Å²) >= 11 is 6.12. The zero-order valence-corrected chi connectivity index (χ0v) is 15.1. The first kappa shape index (κ1) is 16.8. The van der Waals surface area contributed by atoms with Crippen molar-refractivity contribution in [2.75, 3.05) is 31.1 Å². The van der Waals surface area contributed by atoms with Crippen LogP contribution in [0.25, 0.3) is 0 Å². The van der Waals surface area contributed by atoms with Gasteiger partial charge in [0.1, 0.15) is 11.3 Å². The molecule has 0 spiro atoms. The molecule has 1 saturated heterocycles. The molecule has 1 amide bonds. The minimum atomic E-state index is 0.0214. The molecular formula is C18H22ClN3O2. The van der Waals surface area contributed by atoms with Crippen molar-refractivity contribution in [3.8, 4) is 0 Å². The molecule has 1 fully saturated rings. The summed E-state index contributed by atoms with van der Waals surface area (Å²) in [7, 11) is 0. The van der Waals surface area contributed by atoms with Crippen LogP contribution in [0.15, 0.2) is 22.7 Å². The first-order valence-corrected chi connectivity index (χ1v) is 8.64. The van der Waals surface area contributed by atoms with Crippen LogP contribution in [0.2, 0.25) is 5.02 Å². The Bertz CT molecular complexity index is 749. The number of aryl methyl sites for hydroxylation is 3. The van der Waals surface area contributed by atoms with E-state index in [-0.39, 0.29) is 5.91 Å². The van der Waals surface area contributed by atoms with Gasteiger partial charge in [-0.1, -0.05) is 29.7 Å². The quantitative estimate of drug-likeness (QED) is 0.853. The van der Waals surface area contributed by atoms with Gasteiger partial charge in [-0.3, -0.25) is 4.79 Å². The number of anilines is 1. The average Bonchev–Trinajstić information content (AvgIpc) is 2.97. The third kappa shape index (κ3) is 3.13. The first-order chi connectivity index (χ1) is 11.5. The highest BCUT2D eigenvalue weighted by Crippen LogP contribution is 2.26. The van der Waals surface area contributed by atoms with E-state index in [0.717, 1.165) is 29.5 Å². The molecule has 0 aliphatic carbocycles. The molecule has 2 aromatic rings. The molecule has 3 rings (SSSR count). The second-order valence-corrected chi connectivity index (χ2v) is 6.56. The Labute approximate surface area is 147 Å². The zero-order valence-electron chi connectivity index (χ0n) is 14.3. The number of carbonyl (C=O) groups is 1. The maximum atomic E-state index is 12.8. The highest BCUT2D eigenvalue weighted by atomic mass is 35.5. The van der Waals surface area contributed by atoms with Crippen molar-refractivity contribution in [1.82, 2.24) is 10.1 Å². The number of nitrogens with zero attached hydrogens (tertiary/aromatic N) is 3. The number of benzene rings is 1. The van der Waals surface area contributed by atoms with Crippen LogP contribution in [0.3, 0.4) is 0 Å². The van der Waals surface area contributed by atoms with E-state index < -0.39 is 0 Å². The number of carbonyl (C=O) groups excluding carboxylic acids is 1. The summed E-state index contributed by atoms with van der Waals surface area (Å²) in [6, 6.07) is 5.93. The Balaban J connectivity index is 1.72. The lowest BCUT2D eigenvalue weighted by Crippen LogP contribution is -2.49. The molecule has 2 heterocycles. The van der Waals surface area contributed by atoms with E-state index in [4.69, 9.17) is 16.1 Å². The molecule has 5 nitrogen and oxygen atoms in total. The summed E-state index contributed by atoms with van der Waals surface area (Å²) in [5.74, 6) is 0.623. The normalized spacial score (nSPS) is 15.0. The van der Waals surface area contributed by atoms with E-state index in [9.17, 15) is 4.79 Å². The standard InChI is InChI=1S/C18H22ClN3O2/c1-4-15-17(13(3)24-20-15)18(23)22-9-7-21(8-10-22)16-11-14(19)6-5-12(16)2/h5-6,11H,4,7-10H2,1-3H3. The van der Waals surface area contributed by atoms with Gasteiger partial charge in [0, 0.05) is 36.9 Å². The maximum Gasteiger partial charge on any atom is 0.259 e. The van der Waals surface area contributed by atoms with Crippen molar-refractivity contribution in [2.24, 2.45) is 0 Å². The predicted molar refractivity (Wildman–Crippen MR) is 94.9 cm³/mol. The fourth-order valence-electron chi connectivity index (χ4n) is 3.17. The van der Waals surface area contributed by atoms with E-state index in [1.807, 2.05) is 30.0 Å². The van der Waals surface area contributed by atoms with Crippen molar-refractivity contribution in [3.63, 3.8) is 0 Å². The molecule has 1 aliphatic heterocycles. The van der Waals surface area contributed by atoms with E-state index in [0.29, 0.717) is 30.8 Å². The highest BCUT2D eigenvalue weighted by Gasteiger charge is 2.27. The molecule has 0 bridgehead atoms. The Morgan fingerprint density at radius 2 is 1.96 bits per heavy atom. The molecule has 24 heavy (non-hydrogen) atoms. The second-order valence-electron chi connectivity index (χ2n) is 6.12. The lowest BCUT2D eigenvalue weighted by molar-refractivity contribution is 0.0744. The van der Waals surface area contributed by atoms with E-state index in [1.165, 1.54) is 5.56 Å². The summed E-state index contributed by atoms with van der Waals surface area (Å²) in [5, 5.41) is 4.72. The Morgan fingerprint density at radius 3 is 2.62 bits per heavy atom. The summed E-state index contributed by atoms with van der Waals surface area (Å²) in [4.78, 5) is 17.0. The first-order valence-electron chi connectivity index (χ1n) is 8.26. The fourth-order valence-corrected chi connectivity index (χ4v) is 3.33. The van der Waals surface area contributed by atoms with Crippen LogP contribution in [-0.2, 0) is 6.42 Å². The molecule has 6 heteroatoms. The van der Waals surface area contributed by atoms with Crippen LogP contribution in [0, 0.1) is 13.8 Å². The average molecular weight is 348 g/mol. The number of halogens is 1. The van der Waals surface area contributed by atoms with Crippen molar-refractivity contribution in [3.05, 3.63) is 45.8 Å². The molecule has 0 unspecified atom stereocenters. The molecule has 1 aliphatic rings. The van der Waals surface area contributed by atoms with Crippen LogP contribution in [0.1, 0.15) is 34.3 Å². The van der Waals surface area contributed by atoms with Gasteiger partial charge in [0.15, 0.2) is 0 Å². The van der Waals surface area contributed by atoms with Crippen molar-refractivity contribution >= 4 is 23.2 Å². The van der Waals surface area contributed by atoms with Crippen LogP contribution in [0.4, 0.5) is 5.69 Å². The van der Waals surface area contributed by atoms with Crippen LogP contribution < -0.4 is 4.90 Å². The van der Waals surface area contributed by atoms with Crippen LogP contribution in [0.5, 0.6) is 0 Å². The van der Waals surface area contributed by atoms with Crippen molar-refractivity contribution in [1.29, 1.82) is 0 Å². The van der Waals surface area contributed by atoms with Gasteiger partial charge >= 0.3 is 0 Å². The monoisotopic (exact) mass is 347 g/mol. The van der Waals surface area contributed by atoms with Gasteiger partial charge in [-0.05, 0) is 38.0 Å². The Kier molecular flexibility index (Phi) is 4.81. The van der Waals surface area contributed by atoms with E-state index in [2.05, 4.69) is 17.0 Å². The molecule has 1 aromatic carbocycles. The highest BCUT2D eigenvalue weighted by molar-refractivity contribution is 6.30. The molecule has 128 valence electrons. The third-order valence-corrected chi connectivity index (χ3v) is 4.80. The summed E-state index contributed by atoms with van der Waals surface area (Å²) in [6.45, 7) is 8.80. The molecule has 0 saturated carbocycles. The SMILES string of the molecule is CCc1noc(C)c1C(=O)N1CCN(c2cc(Cl)ccc2C)CC1. The van der Waals surface area contributed by atoms with Gasteiger partial charge < -0.3 is 14.3 Å². The van der Waals surface area contributed by atoms with Gasteiger partial charge in [0.2, 0.25) is 0 Å². The van der Waals surface area contributed by atoms with Gasteiger partial charge in [0.25, 0.3) is 5.91 Å². The third-order valence-electron chi connectivity index (χ3n) is 4.56. The number of rotatable bonds is 3. The zero-order chi connectivity index (χ0) is 17.3. The molecule has 0 N–H and O–H groups in total. The number of hydrogen-bond acceptors (Lipinski definition) is 4. The minimum Gasteiger partial charge on any atom is -0.368 e. The molecular weight excluding hydrogens is 326 g/mol. The molecule has 1 aromatic heterocycles. The lowest BCUT2D eigenvalue weighted by Gasteiger charge is -2.36. The topological polar surface area (TPSA) is 49.6 Å². The summed E-state index contributed by atoms with van der Waals surface area (Å²) < 4.78 is 5.20. The van der Waals surface area contributed by atoms with Gasteiger partial charge in [-0.15, -0.1) is 0 Å². The maximum absolute atomic E-state index is 12.8. The van der Waals surface area contributed by atoms with E-state index >= 15 is 0 Å². The number of aromatic nitrogens is 1. The van der Waals surface area contributed by atoms with Gasteiger partial charge in [-0.25, -0.2) is 0 Å². The van der Waals surface area contributed by atoms with Gasteiger partial charge in [-0.2, -0.15) is 0 Å². The van der Waals surface area contributed by atoms with Crippen LogP contribution in [-0.4, -0.2) is 42.1 Å². The van der Waals surface area contributed by atoms with Crippen LogP contribution >= 0.6 is 11.6 Å². The largest absolute Gasteiger partial charge is 0.368 e. The number of piperazine rings is 1. The van der Waals surface area contributed by atoms with Crippen molar-refractivity contribution in [2.45, 2.75) is 27.2 Å². The second kappa shape index (κ2) is 6.85. The summed E-state index contributed by atoms with van der Waals surface area (Å²) in [6.07, 6.45) is 0.695. The van der Waals surface area contributed by atoms with Crippen molar-refractivity contribution < 1.29 is 9.32 Å². The predicted octanol–water partition coefficient (Wildman–Crippen LogP) is 3.47. The smallest absolute Gasteiger partial charge is 0.259 e. The minimum absolute atomic E-state index is 0.0214. The van der Waals surface area contributed by atoms with Gasteiger partial charge in [0.05, 0.1) is 5.69 Å². The number of hydrogen-bond donors (Lipinski definition) is 0. The lowest BCUT2D eigenvalue weighted by atomic mass is 10.1. The Morgan fingerprint density at radius 1 is 1.25 bits per heavy atom. The summed E-state index contributed by atoms with van der Waals surface area (Å²) in [5.41, 5.74) is 3.71. The fraction of sp³-hybridized carbons (Fsp3) is 0.444. The molecule has 0 radical (unpaired) electrons. The molecule has 0 atom stereocenters. The Hall–Kier alpha value is -2.01. The van der Waals surface area contributed by atoms with E-state index in [1.54, 1.807) is 6.92 Å².